The van der Waals surface area contributed by atoms with Crippen LogP contribution in [-0.4, -0.2) is 32.5 Å². The SMILES string of the molecule is CCNC(C#N)(COCCC(C)(C)OC)c1ccccc1. The average molecular weight is 290 g/mol. The predicted molar refractivity (Wildman–Crippen MR) is 83.9 cm³/mol. The van der Waals surface area contributed by atoms with Crippen molar-refractivity contribution in [2.75, 3.05) is 26.9 Å². The molecule has 1 aromatic rings. The third kappa shape index (κ3) is 5.13. The van der Waals surface area contributed by atoms with Gasteiger partial charge in [-0.2, -0.15) is 5.26 Å². The van der Waals surface area contributed by atoms with E-state index in [9.17, 15) is 5.26 Å². The second-order valence-corrected chi connectivity index (χ2v) is 5.68. The van der Waals surface area contributed by atoms with Crippen LogP contribution in [0.3, 0.4) is 0 Å². The molecular formula is C17H26N2O2. The fourth-order valence-corrected chi connectivity index (χ4v) is 2.04. The Labute approximate surface area is 128 Å². The van der Waals surface area contributed by atoms with Crippen LogP contribution < -0.4 is 5.32 Å². The first-order valence-corrected chi connectivity index (χ1v) is 7.34. The molecule has 21 heavy (non-hydrogen) atoms. The Bertz CT molecular complexity index is 454. The number of benzene rings is 1. The molecule has 0 aliphatic carbocycles. The van der Waals surface area contributed by atoms with Crippen LogP contribution in [0.5, 0.6) is 0 Å². The third-order valence-electron chi connectivity index (χ3n) is 3.66. The van der Waals surface area contributed by atoms with Crippen LogP contribution in [0.15, 0.2) is 30.3 Å². The van der Waals surface area contributed by atoms with Crippen LogP contribution in [0.1, 0.15) is 32.8 Å². The van der Waals surface area contributed by atoms with Gasteiger partial charge in [-0.3, -0.25) is 5.32 Å². The van der Waals surface area contributed by atoms with Crippen LogP contribution in [0.2, 0.25) is 0 Å². The van der Waals surface area contributed by atoms with Crippen molar-refractivity contribution >= 4 is 0 Å². The second-order valence-electron chi connectivity index (χ2n) is 5.68. The van der Waals surface area contributed by atoms with Crippen LogP contribution in [-0.2, 0) is 15.0 Å². The Morgan fingerprint density at radius 1 is 1.24 bits per heavy atom. The van der Waals surface area contributed by atoms with E-state index in [0.29, 0.717) is 19.8 Å². The maximum Gasteiger partial charge on any atom is 0.155 e. The second kappa shape index (κ2) is 8.14. The Balaban J connectivity index is 2.70. The summed E-state index contributed by atoms with van der Waals surface area (Å²) >= 11 is 0. The zero-order chi connectivity index (χ0) is 15.8. The highest BCUT2D eigenvalue weighted by Crippen LogP contribution is 2.21. The van der Waals surface area contributed by atoms with E-state index in [1.807, 2.05) is 51.1 Å². The molecule has 4 nitrogen and oxygen atoms in total. The molecule has 4 heteroatoms. The lowest BCUT2D eigenvalue weighted by Gasteiger charge is -2.29. The zero-order valence-corrected chi connectivity index (χ0v) is 13.5. The topological polar surface area (TPSA) is 54.3 Å². The fourth-order valence-electron chi connectivity index (χ4n) is 2.04. The molecule has 1 atom stereocenters. The van der Waals surface area contributed by atoms with Crippen molar-refractivity contribution in [3.8, 4) is 6.07 Å². The minimum Gasteiger partial charge on any atom is -0.379 e. The van der Waals surface area contributed by atoms with Crippen molar-refractivity contribution < 1.29 is 9.47 Å². The fraction of sp³-hybridized carbons (Fsp3) is 0.588. The molecule has 1 aromatic carbocycles. The van der Waals surface area contributed by atoms with Gasteiger partial charge in [-0.05, 0) is 32.4 Å². The standard InChI is InChI=1S/C17H26N2O2/c1-5-19-17(13-18,15-9-7-6-8-10-15)14-21-12-11-16(2,3)20-4/h6-10,19H,5,11-12,14H2,1-4H3. The maximum atomic E-state index is 9.65. The van der Waals surface area contributed by atoms with Crippen molar-refractivity contribution in [2.45, 2.75) is 38.3 Å². The van der Waals surface area contributed by atoms with Gasteiger partial charge in [0.1, 0.15) is 0 Å². The number of hydrogen-bond donors (Lipinski definition) is 1. The quantitative estimate of drug-likeness (QED) is 0.711. The van der Waals surface area contributed by atoms with Gasteiger partial charge in [0, 0.05) is 13.7 Å². The van der Waals surface area contributed by atoms with Gasteiger partial charge in [0.25, 0.3) is 0 Å². The summed E-state index contributed by atoms with van der Waals surface area (Å²) in [7, 11) is 1.70. The van der Waals surface area contributed by atoms with Crippen molar-refractivity contribution in [3.63, 3.8) is 0 Å². The number of rotatable bonds is 9. The van der Waals surface area contributed by atoms with Gasteiger partial charge >= 0.3 is 0 Å². The van der Waals surface area contributed by atoms with Gasteiger partial charge in [-0.1, -0.05) is 37.3 Å². The van der Waals surface area contributed by atoms with E-state index in [2.05, 4.69) is 11.4 Å². The molecule has 0 saturated carbocycles. The number of ether oxygens (including phenoxy) is 2. The largest absolute Gasteiger partial charge is 0.379 e. The summed E-state index contributed by atoms with van der Waals surface area (Å²) in [5.74, 6) is 0. The highest BCUT2D eigenvalue weighted by atomic mass is 16.5. The smallest absolute Gasteiger partial charge is 0.155 e. The normalized spacial score (nSPS) is 14.4. The van der Waals surface area contributed by atoms with Gasteiger partial charge in [-0.25, -0.2) is 0 Å². The predicted octanol–water partition coefficient (Wildman–Crippen LogP) is 2.85. The molecule has 0 fully saturated rings. The van der Waals surface area contributed by atoms with Crippen LogP contribution in [0.4, 0.5) is 0 Å². The summed E-state index contributed by atoms with van der Waals surface area (Å²) in [5, 5.41) is 12.9. The monoisotopic (exact) mass is 290 g/mol. The number of hydrogen-bond acceptors (Lipinski definition) is 4. The zero-order valence-electron chi connectivity index (χ0n) is 13.5. The number of methoxy groups -OCH3 is 1. The molecular weight excluding hydrogens is 264 g/mol. The Morgan fingerprint density at radius 3 is 2.43 bits per heavy atom. The molecule has 0 radical (unpaired) electrons. The minimum atomic E-state index is -0.798. The molecule has 0 spiro atoms. The van der Waals surface area contributed by atoms with E-state index >= 15 is 0 Å². The van der Waals surface area contributed by atoms with Crippen molar-refractivity contribution in [2.24, 2.45) is 0 Å². The van der Waals surface area contributed by atoms with E-state index in [1.165, 1.54) is 0 Å². The molecule has 0 aliphatic rings. The molecule has 1 N–H and O–H groups in total. The molecule has 0 bridgehead atoms. The number of nitriles is 1. The maximum absolute atomic E-state index is 9.65. The van der Waals surface area contributed by atoms with Crippen LogP contribution in [0, 0.1) is 11.3 Å². The van der Waals surface area contributed by atoms with Crippen LogP contribution >= 0.6 is 0 Å². The molecule has 116 valence electrons. The summed E-state index contributed by atoms with van der Waals surface area (Å²) in [6.45, 7) is 7.62. The molecule has 0 amide bonds. The minimum absolute atomic E-state index is 0.208. The van der Waals surface area contributed by atoms with Crippen LogP contribution in [0.25, 0.3) is 0 Å². The third-order valence-corrected chi connectivity index (χ3v) is 3.66. The van der Waals surface area contributed by atoms with Crippen molar-refractivity contribution in [1.29, 1.82) is 5.26 Å². The van der Waals surface area contributed by atoms with Gasteiger partial charge < -0.3 is 9.47 Å². The first kappa shape index (κ1) is 17.6. The van der Waals surface area contributed by atoms with Gasteiger partial charge in [0.05, 0.1) is 18.3 Å². The summed E-state index contributed by atoms with van der Waals surface area (Å²) in [4.78, 5) is 0. The lowest BCUT2D eigenvalue weighted by Crippen LogP contribution is -2.45. The number of nitrogens with one attached hydrogen (secondary N) is 1. The lowest BCUT2D eigenvalue weighted by molar-refractivity contribution is -0.0157. The summed E-state index contributed by atoms with van der Waals surface area (Å²) in [6.07, 6.45) is 0.784. The van der Waals surface area contributed by atoms with E-state index in [4.69, 9.17) is 9.47 Å². The molecule has 1 unspecified atom stereocenters. The average Bonchev–Trinajstić information content (AvgIpc) is 2.51. The van der Waals surface area contributed by atoms with Crippen molar-refractivity contribution in [3.05, 3.63) is 35.9 Å². The van der Waals surface area contributed by atoms with Gasteiger partial charge in [0.15, 0.2) is 5.54 Å². The molecule has 1 rings (SSSR count). The summed E-state index contributed by atoms with van der Waals surface area (Å²) in [6, 6.07) is 12.1. The molecule has 0 saturated heterocycles. The first-order valence-electron chi connectivity index (χ1n) is 7.34. The molecule has 0 aromatic heterocycles. The lowest BCUT2D eigenvalue weighted by atomic mass is 9.92. The highest BCUT2D eigenvalue weighted by molar-refractivity contribution is 5.31. The van der Waals surface area contributed by atoms with Gasteiger partial charge in [-0.15, -0.1) is 0 Å². The summed E-state index contributed by atoms with van der Waals surface area (Å²) < 4.78 is 11.1. The van der Waals surface area contributed by atoms with E-state index in [1.54, 1.807) is 7.11 Å². The first-order chi connectivity index (χ1) is 9.99. The molecule has 0 heterocycles. The molecule has 0 aliphatic heterocycles. The van der Waals surface area contributed by atoms with E-state index < -0.39 is 5.54 Å². The Kier molecular flexibility index (Phi) is 6.83. The Hall–Kier alpha value is -1.41. The number of nitrogens with zero attached hydrogens (tertiary/aromatic N) is 1. The van der Waals surface area contributed by atoms with E-state index in [0.717, 1.165) is 12.0 Å². The number of likely N-dealkylation sites (N-methyl/N-ethyl adjacent to an activating group) is 1. The summed E-state index contributed by atoms with van der Waals surface area (Å²) in [5.41, 5.74) is -0.0756. The van der Waals surface area contributed by atoms with E-state index in [-0.39, 0.29) is 5.60 Å². The van der Waals surface area contributed by atoms with Crippen molar-refractivity contribution in [1.82, 2.24) is 5.32 Å². The van der Waals surface area contributed by atoms with Gasteiger partial charge in [0.2, 0.25) is 0 Å². The highest BCUT2D eigenvalue weighted by Gasteiger charge is 2.31. The Morgan fingerprint density at radius 2 is 1.90 bits per heavy atom.